The summed E-state index contributed by atoms with van der Waals surface area (Å²) in [4.78, 5) is -1.02. The first-order chi connectivity index (χ1) is 10.7. The van der Waals surface area contributed by atoms with Crippen molar-refractivity contribution in [2.24, 2.45) is 0 Å². The fourth-order valence-electron chi connectivity index (χ4n) is 1.65. The summed E-state index contributed by atoms with van der Waals surface area (Å²) >= 11 is 5.87. The van der Waals surface area contributed by atoms with E-state index in [2.05, 4.69) is 0 Å². The maximum Gasteiger partial charge on any atom is 0.502 e. The standard InChI is InChI=1S/C14H7ClF3NO3S/c15-10-7-9(8-19)5-6-11(10)22-12-3-1-2-4-13(12)23(20,21)14(16,17)18/h1-7H. The molecule has 0 aromatic heterocycles. The average Bonchev–Trinajstić information content (AvgIpc) is 2.48. The highest BCUT2D eigenvalue weighted by atomic mass is 35.5. The monoisotopic (exact) mass is 361 g/mol. The van der Waals surface area contributed by atoms with E-state index in [0.29, 0.717) is 0 Å². The zero-order chi connectivity index (χ0) is 17.3. The zero-order valence-electron chi connectivity index (χ0n) is 11.1. The van der Waals surface area contributed by atoms with Crippen LogP contribution in [-0.4, -0.2) is 13.9 Å². The quantitative estimate of drug-likeness (QED) is 0.817. The summed E-state index contributed by atoms with van der Waals surface area (Å²) in [5.41, 5.74) is -5.24. The summed E-state index contributed by atoms with van der Waals surface area (Å²) in [6.45, 7) is 0. The summed E-state index contributed by atoms with van der Waals surface area (Å²) in [5.74, 6) is -0.591. The van der Waals surface area contributed by atoms with Gasteiger partial charge in [0.1, 0.15) is 16.4 Å². The third-order valence-electron chi connectivity index (χ3n) is 2.72. The second kappa shape index (κ2) is 6.10. The van der Waals surface area contributed by atoms with E-state index in [0.717, 1.165) is 18.2 Å². The molecule has 0 atom stereocenters. The van der Waals surface area contributed by atoms with E-state index in [1.807, 2.05) is 6.07 Å². The highest BCUT2D eigenvalue weighted by molar-refractivity contribution is 7.92. The molecule has 0 aliphatic heterocycles. The maximum atomic E-state index is 12.7. The van der Waals surface area contributed by atoms with Crippen LogP contribution in [0.1, 0.15) is 5.56 Å². The average molecular weight is 362 g/mol. The number of para-hydroxylation sites is 1. The molecule has 0 fully saturated rings. The Bertz CT molecular complexity index is 889. The Morgan fingerprint density at radius 1 is 1.09 bits per heavy atom. The molecule has 2 aromatic rings. The molecule has 0 saturated heterocycles. The van der Waals surface area contributed by atoms with Crippen LogP contribution in [0.4, 0.5) is 13.2 Å². The summed E-state index contributed by atoms with van der Waals surface area (Å²) in [6.07, 6.45) is 0. The van der Waals surface area contributed by atoms with Crippen LogP contribution in [0, 0.1) is 11.3 Å². The number of sulfone groups is 1. The molecular formula is C14H7ClF3NO3S. The summed E-state index contributed by atoms with van der Waals surface area (Å²) < 4.78 is 66.5. The first-order valence-corrected chi connectivity index (χ1v) is 7.81. The Labute approximate surface area is 134 Å². The van der Waals surface area contributed by atoms with E-state index in [1.165, 1.54) is 24.3 Å². The summed E-state index contributed by atoms with van der Waals surface area (Å²) in [6, 6.07) is 10.0. The molecule has 2 aromatic carbocycles. The number of nitrogens with zero attached hydrogens (tertiary/aromatic N) is 1. The zero-order valence-corrected chi connectivity index (χ0v) is 12.7. The lowest BCUT2D eigenvalue weighted by atomic mass is 10.2. The van der Waals surface area contributed by atoms with Crippen LogP contribution < -0.4 is 4.74 Å². The first kappa shape index (κ1) is 17.1. The second-order valence-electron chi connectivity index (χ2n) is 4.25. The highest BCUT2D eigenvalue weighted by Gasteiger charge is 2.48. The maximum absolute atomic E-state index is 12.7. The predicted octanol–water partition coefficient (Wildman–Crippen LogP) is 4.30. The van der Waals surface area contributed by atoms with Gasteiger partial charge in [0.05, 0.1) is 16.7 Å². The van der Waals surface area contributed by atoms with E-state index in [4.69, 9.17) is 21.6 Å². The molecular weight excluding hydrogens is 355 g/mol. The largest absolute Gasteiger partial charge is 0.502 e. The number of alkyl halides is 3. The van der Waals surface area contributed by atoms with E-state index in [-0.39, 0.29) is 16.3 Å². The predicted molar refractivity (Wildman–Crippen MR) is 75.9 cm³/mol. The van der Waals surface area contributed by atoms with Crippen LogP contribution in [0.5, 0.6) is 11.5 Å². The van der Waals surface area contributed by atoms with Gasteiger partial charge in [-0.25, -0.2) is 8.42 Å². The Balaban J connectivity index is 2.50. The minimum Gasteiger partial charge on any atom is -0.454 e. The van der Waals surface area contributed by atoms with Crippen molar-refractivity contribution in [1.82, 2.24) is 0 Å². The summed E-state index contributed by atoms with van der Waals surface area (Å²) in [7, 11) is -5.57. The number of halogens is 4. The van der Waals surface area contributed by atoms with Crippen molar-refractivity contribution in [1.29, 1.82) is 5.26 Å². The van der Waals surface area contributed by atoms with Gasteiger partial charge in [0.2, 0.25) is 0 Å². The molecule has 0 saturated carbocycles. The van der Waals surface area contributed by atoms with E-state index in [1.54, 1.807) is 0 Å². The molecule has 0 radical (unpaired) electrons. The van der Waals surface area contributed by atoms with Gasteiger partial charge < -0.3 is 4.74 Å². The second-order valence-corrected chi connectivity index (χ2v) is 6.57. The Morgan fingerprint density at radius 2 is 1.74 bits per heavy atom. The fraction of sp³-hybridized carbons (Fsp3) is 0.0714. The van der Waals surface area contributed by atoms with Gasteiger partial charge in [-0.2, -0.15) is 18.4 Å². The van der Waals surface area contributed by atoms with Crippen LogP contribution in [0.15, 0.2) is 47.4 Å². The number of rotatable bonds is 3. The molecule has 0 aliphatic rings. The smallest absolute Gasteiger partial charge is 0.454 e. The minimum atomic E-state index is -5.57. The fourth-order valence-corrected chi connectivity index (χ4v) is 2.75. The molecule has 0 spiro atoms. The van der Waals surface area contributed by atoms with Gasteiger partial charge in [0.25, 0.3) is 9.84 Å². The van der Waals surface area contributed by atoms with Crippen LogP contribution in [0.2, 0.25) is 5.02 Å². The van der Waals surface area contributed by atoms with Gasteiger partial charge in [-0.3, -0.25) is 0 Å². The Hall–Kier alpha value is -2.24. The number of benzene rings is 2. The lowest BCUT2D eigenvalue weighted by molar-refractivity contribution is -0.0436. The molecule has 0 bridgehead atoms. The van der Waals surface area contributed by atoms with Crippen molar-refractivity contribution in [3.8, 4) is 17.6 Å². The van der Waals surface area contributed by atoms with E-state index >= 15 is 0 Å². The van der Waals surface area contributed by atoms with E-state index in [9.17, 15) is 21.6 Å². The SMILES string of the molecule is N#Cc1ccc(Oc2ccccc2S(=O)(=O)C(F)(F)F)c(Cl)c1. The molecule has 0 unspecified atom stereocenters. The molecule has 23 heavy (non-hydrogen) atoms. The van der Waals surface area contributed by atoms with Crippen molar-refractivity contribution in [3.63, 3.8) is 0 Å². The van der Waals surface area contributed by atoms with Crippen LogP contribution in [-0.2, 0) is 9.84 Å². The van der Waals surface area contributed by atoms with Gasteiger partial charge in [-0.05, 0) is 30.3 Å². The topological polar surface area (TPSA) is 67.2 Å². The molecule has 0 aliphatic carbocycles. The van der Waals surface area contributed by atoms with E-state index < -0.39 is 26.0 Å². The minimum absolute atomic E-state index is 0.0386. The number of hydrogen-bond donors (Lipinski definition) is 0. The van der Waals surface area contributed by atoms with Gasteiger partial charge in [-0.15, -0.1) is 0 Å². The van der Waals surface area contributed by atoms with Crippen molar-refractivity contribution in [3.05, 3.63) is 53.1 Å². The number of ether oxygens (including phenoxy) is 1. The lowest BCUT2D eigenvalue weighted by Crippen LogP contribution is -2.23. The number of hydrogen-bond acceptors (Lipinski definition) is 4. The van der Waals surface area contributed by atoms with Gasteiger partial charge >= 0.3 is 5.51 Å². The Kier molecular flexibility index (Phi) is 4.54. The first-order valence-electron chi connectivity index (χ1n) is 5.94. The van der Waals surface area contributed by atoms with Gasteiger partial charge in [-0.1, -0.05) is 23.7 Å². The van der Waals surface area contributed by atoms with Crippen LogP contribution in [0.25, 0.3) is 0 Å². The molecule has 9 heteroatoms. The lowest BCUT2D eigenvalue weighted by Gasteiger charge is -2.14. The molecule has 0 heterocycles. The molecule has 4 nitrogen and oxygen atoms in total. The van der Waals surface area contributed by atoms with Crippen molar-refractivity contribution < 1.29 is 26.3 Å². The van der Waals surface area contributed by atoms with Crippen molar-refractivity contribution >= 4 is 21.4 Å². The van der Waals surface area contributed by atoms with Crippen LogP contribution >= 0.6 is 11.6 Å². The third kappa shape index (κ3) is 3.41. The normalized spacial score (nSPS) is 11.8. The van der Waals surface area contributed by atoms with Crippen molar-refractivity contribution in [2.45, 2.75) is 10.4 Å². The third-order valence-corrected chi connectivity index (χ3v) is 4.55. The number of nitriles is 1. The highest BCUT2D eigenvalue weighted by Crippen LogP contribution is 2.38. The Morgan fingerprint density at radius 3 is 2.30 bits per heavy atom. The molecule has 120 valence electrons. The van der Waals surface area contributed by atoms with Gasteiger partial charge in [0.15, 0.2) is 0 Å². The van der Waals surface area contributed by atoms with Crippen LogP contribution in [0.3, 0.4) is 0 Å². The molecule has 0 amide bonds. The van der Waals surface area contributed by atoms with Crippen molar-refractivity contribution in [2.75, 3.05) is 0 Å². The molecule has 0 N–H and O–H groups in total. The molecule has 2 rings (SSSR count). The summed E-state index contributed by atoms with van der Waals surface area (Å²) in [5, 5.41) is 8.69. The van der Waals surface area contributed by atoms with Gasteiger partial charge in [0, 0.05) is 0 Å².